The van der Waals surface area contributed by atoms with E-state index in [4.69, 9.17) is 9.47 Å². The van der Waals surface area contributed by atoms with Crippen molar-refractivity contribution < 1.29 is 14.3 Å². The molecule has 0 atom stereocenters. The molecule has 0 aromatic heterocycles. The first-order valence-electron chi connectivity index (χ1n) is 11.0. The van der Waals surface area contributed by atoms with Crippen LogP contribution in [0.1, 0.15) is 69.4 Å². The molecular weight excluding hydrogens is 360 g/mol. The van der Waals surface area contributed by atoms with Crippen molar-refractivity contribution in [2.24, 2.45) is 0 Å². The normalized spacial score (nSPS) is 14.5. The van der Waals surface area contributed by atoms with Gasteiger partial charge in [-0.15, -0.1) is 0 Å². The zero-order valence-electron chi connectivity index (χ0n) is 17.5. The molecule has 0 radical (unpaired) electrons. The standard InChI is InChI=1S/C26H32O3/c1-2-3-4-5-6-7-8-12-17-28-24-16-15-22-19-23(26(27)29-25(22)20-24)18-21-13-10-9-11-14-21/h9-11,13-16,18,20H,2-8,12,17,19H2,1H3. The van der Waals surface area contributed by atoms with Crippen LogP contribution in [-0.2, 0) is 11.2 Å². The van der Waals surface area contributed by atoms with Gasteiger partial charge in [-0.2, -0.15) is 0 Å². The van der Waals surface area contributed by atoms with E-state index in [-0.39, 0.29) is 5.97 Å². The maximum absolute atomic E-state index is 12.4. The molecule has 154 valence electrons. The Bertz CT molecular complexity index is 808. The maximum atomic E-state index is 12.4. The lowest BCUT2D eigenvalue weighted by Crippen LogP contribution is -2.19. The molecule has 29 heavy (non-hydrogen) atoms. The van der Waals surface area contributed by atoms with Crippen LogP contribution in [0.25, 0.3) is 6.08 Å². The van der Waals surface area contributed by atoms with Crippen molar-refractivity contribution in [2.75, 3.05) is 6.61 Å². The Morgan fingerprint density at radius 3 is 2.41 bits per heavy atom. The summed E-state index contributed by atoms with van der Waals surface area (Å²) in [7, 11) is 0. The minimum Gasteiger partial charge on any atom is -0.493 e. The van der Waals surface area contributed by atoms with Gasteiger partial charge in [-0.05, 0) is 29.7 Å². The summed E-state index contributed by atoms with van der Waals surface area (Å²) in [6.45, 7) is 2.96. The van der Waals surface area contributed by atoms with Gasteiger partial charge in [0, 0.05) is 18.1 Å². The third-order valence-electron chi connectivity index (χ3n) is 5.29. The summed E-state index contributed by atoms with van der Waals surface area (Å²) in [5.74, 6) is 1.12. The molecule has 0 N–H and O–H groups in total. The second kappa shape index (κ2) is 11.5. The predicted octanol–water partition coefficient (Wildman–Crippen LogP) is 6.75. The van der Waals surface area contributed by atoms with E-state index in [0.29, 0.717) is 24.4 Å². The van der Waals surface area contributed by atoms with E-state index in [1.165, 1.54) is 44.9 Å². The molecule has 1 aliphatic heterocycles. The van der Waals surface area contributed by atoms with Gasteiger partial charge in [-0.1, -0.05) is 88.3 Å². The van der Waals surface area contributed by atoms with Crippen molar-refractivity contribution in [3.05, 3.63) is 65.2 Å². The first kappa shape index (κ1) is 21.2. The third kappa shape index (κ3) is 6.77. The second-order valence-corrected chi connectivity index (χ2v) is 7.74. The molecule has 0 saturated carbocycles. The molecule has 3 rings (SSSR count). The van der Waals surface area contributed by atoms with Crippen molar-refractivity contribution >= 4 is 12.0 Å². The molecule has 0 saturated heterocycles. The highest BCUT2D eigenvalue weighted by Crippen LogP contribution is 2.32. The van der Waals surface area contributed by atoms with Gasteiger partial charge in [0.15, 0.2) is 0 Å². The largest absolute Gasteiger partial charge is 0.493 e. The minimum absolute atomic E-state index is 0.276. The number of rotatable bonds is 11. The fourth-order valence-electron chi connectivity index (χ4n) is 3.59. The zero-order chi connectivity index (χ0) is 20.3. The smallest absolute Gasteiger partial charge is 0.339 e. The van der Waals surface area contributed by atoms with Gasteiger partial charge in [-0.25, -0.2) is 4.79 Å². The lowest BCUT2D eigenvalue weighted by atomic mass is 9.99. The maximum Gasteiger partial charge on any atom is 0.339 e. The van der Waals surface area contributed by atoms with Crippen LogP contribution in [0, 0.1) is 0 Å². The number of hydrogen-bond acceptors (Lipinski definition) is 3. The number of carbonyl (C=O) groups is 1. The molecule has 0 aliphatic carbocycles. The van der Waals surface area contributed by atoms with Crippen molar-refractivity contribution in [3.8, 4) is 11.5 Å². The highest BCUT2D eigenvalue weighted by atomic mass is 16.5. The van der Waals surface area contributed by atoms with Gasteiger partial charge in [-0.3, -0.25) is 0 Å². The third-order valence-corrected chi connectivity index (χ3v) is 5.29. The van der Waals surface area contributed by atoms with Crippen LogP contribution in [0.3, 0.4) is 0 Å². The van der Waals surface area contributed by atoms with Gasteiger partial charge in [0.25, 0.3) is 0 Å². The molecule has 0 bridgehead atoms. The van der Waals surface area contributed by atoms with E-state index in [9.17, 15) is 4.79 Å². The summed E-state index contributed by atoms with van der Waals surface area (Å²) in [6, 6.07) is 15.7. The monoisotopic (exact) mass is 392 g/mol. The molecule has 3 heteroatoms. The number of hydrogen-bond donors (Lipinski definition) is 0. The topological polar surface area (TPSA) is 35.5 Å². The summed E-state index contributed by atoms with van der Waals surface area (Å²) in [5, 5.41) is 0. The van der Waals surface area contributed by atoms with Crippen molar-refractivity contribution in [3.63, 3.8) is 0 Å². The van der Waals surface area contributed by atoms with Crippen LogP contribution in [0.2, 0.25) is 0 Å². The molecule has 0 amide bonds. The van der Waals surface area contributed by atoms with Gasteiger partial charge in [0.05, 0.1) is 6.61 Å². The highest BCUT2D eigenvalue weighted by Gasteiger charge is 2.22. The van der Waals surface area contributed by atoms with E-state index in [2.05, 4.69) is 6.92 Å². The number of ether oxygens (including phenoxy) is 2. The molecule has 3 nitrogen and oxygen atoms in total. The second-order valence-electron chi connectivity index (χ2n) is 7.74. The summed E-state index contributed by atoms with van der Waals surface area (Å²) in [5.41, 5.74) is 2.70. The Hall–Kier alpha value is -2.55. The van der Waals surface area contributed by atoms with Gasteiger partial charge >= 0.3 is 5.97 Å². The van der Waals surface area contributed by atoms with Crippen molar-refractivity contribution in [1.82, 2.24) is 0 Å². The van der Waals surface area contributed by atoms with E-state index < -0.39 is 0 Å². The Labute approximate surface area is 174 Å². The quantitative estimate of drug-likeness (QED) is 0.184. The SMILES string of the molecule is CCCCCCCCCCOc1ccc2c(c1)OC(=O)C(=Cc1ccccc1)C2. The Balaban J connectivity index is 1.45. The number of unbranched alkanes of at least 4 members (excludes halogenated alkanes) is 7. The van der Waals surface area contributed by atoms with E-state index in [1.54, 1.807) is 0 Å². The Morgan fingerprint density at radius 1 is 0.931 bits per heavy atom. The average molecular weight is 393 g/mol. The summed E-state index contributed by atoms with van der Waals surface area (Å²) in [6.07, 6.45) is 12.7. The van der Waals surface area contributed by atoms with Crippen LogP contribution < -0.4 is 9.47 Å². The van der Waals surface area contributed by atoms with Crippen molar-refractivity contribution in [1.29, 1.82) is 0 Å². The fraction of sp³-hybridized carbons (Fsp3) is 0.423. The molecular formula is C26H32O3. The van der Waals surface area contributed by atoms with E-state index >= 15 is 0 Å². The van der Waals surface area contributed by atoms with Gasteiger partial charge in [0.1, 0.15) is 11.5 Å². The molecule has 2 aromatic rings. The summed E-state index contributed by atoms with van der Waals surface area (Å²) < 4.78 is 11.4. The molecule has 1 aliphatic rings. The number of esters is 1. The van der Waals surface area contributed by atoms with Crippen LogP contribution in [0.15, 0.2) is 54.1 Å². The number of fused-ring (bicyclic) bond motifs is 1. The van der Waals surface area contributed by atoms with Gasteiger partial charge < -0.3 is 9.47 Å². The van der Waals surface area contributed by atoms with E-state index in [1.807, 2.05) is 54.6 Å². The molecule has 2 aromatic carbocycles. The first-order valence-corrected chi connectivity index (χ1v) is 11.0. The molecule has 0 unspecified atom stereocenters. The minimum atomic E-state index is -0.276. The van der Waals surface area contributed by atoms with Crippen LogP contribution in [-0.4, -0.2) is 12.6 Å². The molecule has 0 spiro atoms. The Morgan fingerprint density at radius 2 is 1.66 bits per heavy atom. The van der Waals surface area contributed by atoms with Crippen LogP contribution in [0.4, 0.5) is 0 Å². The zero-order valence-corrected chi connectivity index (χ0v) is 17.5. The summed E-state index contributed by atoms with van der Waals surface area (Å²) in [4.78, 5) is 12.4. The average Bonchev–Trinajstić information content (AvgIpc) is 2.74. The Kier molecular flexibility index (Phi) is 8.36. The molecule has 0 fully saturated rings. The number of benzene rings is 2. The van der Waals surface area contributed by atoms with Crippen molar-refractivity contribution in [2.45, 2.75) is 64.7 Å². The first-order chi connectivity index (χ1) is 14.3. The predicted molar refractivity (Wildman–Crippen MR) is 118 cm³/mol. The van der Waals surface area contributed by atoms with E-state index in [0.717, 1.165) is 23.3 Å². The molecule has 1 heterocycles. The summed E-state index contributed by atoms with van der Waals surface area (Å²) >= 11 is 0. The lowest BCUT2D eigenvalue weighted by Gasteiger charge is -2.19. The number of carbonyl (C=O) groups excluding carboxylic acids is 1. The highest BCUT2D eigenvalue weighted by molar-refractivity contribution is 5.97. The van der Waals surface area contributed by atoms with Gasteiger partial charge in [0.2, 0.25) is 0 Å². The van der Waals surface area contributed by atoms with Crippen LogP contribution in [0.5, 0.6) is 11.5 Å². The lowest BCUT2D eigenvalue weighted by molar-refractivity contribution is -0.130. The van der Waals surface area contributed by atoms with Crippen LogP contribution >= 0.6 is 0 Å². The fourth-order valence-corrected chi connectivity index (χ4v) is 3.59.